The van der Waals surface area contributed by atoms with Crippen molar-refractivity contribution in [2.24, 2.45) is 7.05 Å². The fourth-order valence-corrected chi connectivity index (χ4v) is 2.47. The topological polar surface area (TPSA) is 87.6 Å². The molecule has 0 aliphatic heterocycles. The van der Waals surface area contributed by atoms with Gasteiger partial charge in [-0.2, -0.15) is 10.2 Å². The van der Waals surface area contributed by atoms with Gasteiger partial charge in [-0.3, -0.25) is 14.6 Å². The van der Waals surface area contributed by atoms with Crippen LogP contribution in [0.4, 0.5) is 5.69 Å². The number of aromatic nitrogens is 4. The zero-order valence-electron chi connectivity index (χ0n) is 13.0. The third-order valence-corrected chi connectivity index (χ3v) is 3.50. The van der Waals surface area contributed by atoms with Crippen LogP contribution >= 0.6 is 0 Å². The Balaban J connectivity index is 1.92. The van der Waals surface area contributed by atoms with E-state index in [2.05, 4.69) is 25.9 Å². The average Bonchev–Trinajstić information content (AvgIpc) is 3.17. The summed E-state index contributed by atoms with van der Waals surface area (Å²) in [5.41, 5.74) is 3.93. The molecular weight excluding hydrogens is 292 g/mol. The first kappa shape index (κ1) is 15.0. The first-order valence-corrected chi connectivity index (χ1v) is 7.25. The third kappa shape index (κ3) is 3.14. The summed E-state index contributed by atoms with van der Waals surface area (Å²) in [5.74, 6) is -0.246. The predicted octanol–water partition coefficient (Wildman–Crippen LogP) is 1.78. The second-order valence-corrected chi connectivity index (χ2v) is 5.20. The molecule has 2 aromatic heterocycles. The van der Waals surface area contributed by atoms with Crippen molar-refractivity contribution in [1.82, 2.24) is 25.3 Å². The lowest BCUT2D eigenvalue weighted by atomic mass is 10.00. The van der Waals surface area contributed by atoms with Gasteiger partial charge >= 0.3 is 0 Å². The number of benzene rings is 1. The van der Waals surface area contributed by atoms with E-state index in [0.717, 1.165) is 16.7 Å². The Kier molecular flexibility index (Phi) is 4.20. The Morgan fingerprint density at radius 2 is 2.09 bits per heavy atom. The van der Waals surface area contributed by atoms with Crippen molar-refractivity contribution in [2.45, 2.75) is 6.54 Å². The molecule has 0 atom stereocenters. The van der Waals surface area contributed by atoms with Crippen molar-refractivity contribution in [1.29, 1.82) is 0 Å². The van der Waals surface area contributed by atoms with Crippen LogP contribution in [-0.4, -0.2) is 32.9 Å². The number of rotatable bonds is 5. The predicted molar refractivity (Wildman–Crippen MR) is 87.9 cm³/mol. The van der Waals surface area contributed by atoms with Crippen LogP contribution in [0.3, 0.4) is 0 Å². The van der Waals surface area contributed by atoms with Crippen LogP contribution < -0.4 is 10.6 Å². The minimum atomic E-state index is -0.246. The van der Waals surface area contributed by atoms with E-state index < -0.39 is 0 Å². The van der Waals surface area contributed by atoms with Crippen LogP contribution in [-0.2, 0) is 13.6 Å². The maximum absolute atomic E-state index is 12.5. The van der Waals surface area contributed by atoms with Gasteiger partial charge in [0.25, 0.3) is 5.91 Å². The number of nitrogens with one attached hydrogen (secondary N) is 3. The van der Waals surface area contributed by atoms with Gasteiger partial charge in [0.1, 0.15) is 5.69 Å². The normalized spacial score (nSPS) is 10.7. The Hall–Kier alpha value is -2.93. The molecule has 1 aromatic carbocycles. The summed E-state index contributed by atoms with van der Waals surface area (Å²) in [4.78, 5) is 12.5. The highest BCUT2D eigenvalue weighted by atomic mass is 16.2. The average molecular weight is 310 g/mol. The molecule has 0 aliphatic carbocycles. The highest BCUT2D eigenvalue weighted by Crippen LogP contribution is 2.26. The van der Waals surface area contributed by atoms with Crippen LogP contribution in [0.2, 0.25) is 0 Å². The van der Waals surface area contributed by atoms with Gasteiger partial charge in [-0.05, 0) is 18.2 Å². The van der Waals surface area contributed by atoms with E-state index in [0.29, 0.717) is 17.9 Å². The van der Waals surface area contributed by atoms with E-state index >= 15 is 0 Å². The summed E-state index contributed by atoms with van der Waals surface area (Å²) < 4.78 is 1.63. The number of aryl methyl sites for hydroxylation is 1. The van der Waals surface area contributed by atoms with Crippen molar-refractivity contribution >= 4 is 11.6 Å². The fraction of sp³-hybridized carbons (Fsp3) is 0.188. The monoisotopic (exact) mass is 310 g/mol. The first-order valence-electron chi connectivity index (χ1n) is 7.25. The lowest BCUT2D eigenvalue weighted by molar-refractivity contribution is 0.102. The van der Waals surface area contributed by atoms with Crippen LogP contribution in [0.25, 0.3) is 11.1 Å². The minimum Gasteiger partial charge on any atom is -0.318 e. The zero-order valence-corrected chi connectivity index (χ0v) is 13.0. The zero-order chi connectivity index (χ0) is 16.2. The number of H-pyrrole nitrogens is 1. The third-order valence-electron chi connectivity index (χ3n) is 3.50. The van der Waals surface area contributed by atoms with Crippen LogP contribution in [0.5, 0.6) is 0 Å². The molecule has 0 radical (unpaired) electrons. The van der Waals surface area contributed by atoms with Gasteiger partial charge in [-0.25, -0.2) is 0 Å². The highest BCUT2D eigenvalue weighted by molar-refractivity contribution is 6.07. The molecule has 118 valence electrons. The van der Waals surface area contributed by atoms with Gasteiger partial charge in [0, 0.05) is 25.4 Å². The van der Waals surface area contributed by atoms with Crippen molar-refractivity contribution in [3.63, 3.8) is 0 Å². The standard InChI is InChI=1S/C16H18N6O/c1-17-7-11-5-3-4-6-13(11)14-9-18-21-15(14)16(23)20-12-8-19-22(2)10-12/h3-6,8-10,17H,7H2,1-2H3,(H,18,21)(H,20,23). The molecular formula is C16H18N6O. The SMILES string of the molecule is CNCc1ccccc1-c1cn[nH]c1C(=O)Nc1cnn(C)c1. The molecule has 3 N–H and O–H groups in total. The molecule has 3 aromatic rings. The molecule has 2 heterocycles. The molecule has 0 saturated carbocycles. The summed E-state index contributed by atoms with van der Waals surface area (Å²) in [6.07, 6.45) is 5.01. The van der Waals surface area contributed by atoms with Crippen molar-refractivity contribution < 1.29 is 4.79 Å². The summed E-state index contributed by atoms with van der Waals surface area (Å²) >= 11 is 0. The Morgan fingerprint density at radius 3 is 2.83 bits per heavy atom. The van der Waals surface area contributed by atoms with Crippen LogP contribution in [0, 0.1) is 0 Å². The largest absolute Gasteiger partial charge is 0.318 e. The van der Waals surface area contributed by atoms with Crippen LogP contribution in [0.1, 0.15) is 16.1 Å². The van der Waals surface area contributed by atoms with Crippen molar-refractivity contribution in [2.75, 3.05) is 12.4 Å². The molecule has 1 amide bonds. The molecule has 0 spiro atoms. The summed E-state index contributed by atoms with van der Waals surface area (Å²) in [6.45, 7) is 0.713. The second-order valence-electron chi connectivity index (χ2n) is 5.20. The van der Waals surface area contributed by atoms with E-state index in [1.165, 1.54) is 0 Å². The molecule has 0 aliphatic rings. The smallest absolute Gasteiger partial charge is 0.274 e. The lowest BCUT2D eigenvalue weighted by Gasteiger charge is -2.09. The summed E-state index contributed by atoms with van der Waals surface area (Å²) in [6, 6.07) is 7.94. The quantitative estimate of drug-likeness (QED) is 0.670. The molecule has 0 fully saturated rings. The van der Waals surface area contributed by atoms with Gasteiger partial charge < -0.3 is 10.6 Å². The number of anilines is 1. The molecule has 0 saturated heterocycles. The molecule has 0 unspecified atom stereocenters. The van der Waals surface area contributed by atoms with Gasteiger partial charge in [0.05, 0.1) is 18.1 Å². The van der Waals surface area contributed by atoms with E-state index in [1.54, 1.807) is 30.3 Å². The Morgan fingerprint density at radius 1 is 1.26 bits per heavy atom. The van der Waals surface area contributed by atoms with E-state index in [1.807, 2.05) is 31.3 Å². The van der Waals surface area contributed by atoms with Crippen molar-refractivity contribution in [3.8, 4) is 11.1 Å². The first-order chi connectivity index (χ1) is 11.2. The Bertz CT molecular complexity index is 819. The molecule has 23 heavy (non-hydrogen) atoms. The van der Waals surface area contributed by atoms with E-state index in [4.69, 9.17) is 0 Å². The number of aromatic amines is 1. The number of hydrogen-bond acceptors (Lipinski definition) is 4. The van der Waals surface area contributed by atoms with Gasteiger partial charge in [0.2, 0.25) is 0 Å². The number of nitrogens with zero attached hydrogens (tertiary/aromatic N) is 3. The molecule has 3 rings (SSSR count). The molecule has 0 bridgehead atoms. The summed E-state index contributed by atoms with van der Waals surface area (Å²) in [7, 11) is 3.69. The van der Waals surface area contributed by atoms with E-state index in [9.17, 15) is 4.79 Å². The number of hydrogen-bond donors (Lipinski definition) is 3. The minimum absolute atomic E-state index is 0.246. The van der Waals surface area contributed by atoms with Crippen molar-refractivity contribution in [3.05, 3.63) is 54.1 Å². The van der Waals surface area contributed by atoms with Gasteiger partial charge in [-0.15, -0.1) is 0 Å². The fourth-order valence-electron chi connectivity index (χ4n) is 2.47. The van der Waals surface area contributed by atoms with Crippen LogP contribution in [0.15, 0.2) is 42.9 Å². The van der Waals surface area contributed by atoms with Gasteiger partial charge in [-0.1, -0.05) is 24.3 Å². The molecule has 7 heteroatoms. The molecule has 7 nitrogen and oxygen atoms in total. The maximum atomic E-state index is 12.5. The lowest BCUT2D eigenvalue weighted by Crippen LogP contribution is -2.14. The Labute approximate surface area is 133 Å². The number of carbonyl (C=O) groups excluding carboxylic acids is 1. The highest BCUT2D eigenvalue weighted by Gasteiger charge is 2.17. The van der Waals surface area contributed by atoms with Gasteiger partial charge in [0.15, 0.2) is 0 Å². The second kappa shape index (κ2) is 6.45. The van der Waals surface area contributed by atoms with E-state index in [-0.39, 0.29) is 5.91 Å². The maximum Gasteiger partial charge on any atom is 0.274 e. The summed E-state index contributed by atoms with van der Waals surface area (Å²) in [5, 5.41) is 16.8. The number of carbonyl (C=O) groups is 1. The number of amides is 1.